The fourth-order valence-electron chi connectivity index (χ4n) is 1.90. The molecule has 0 saturated carbocycles. The summed E-state index contributed by atoms with van der Waals surface area (Å²) in [4.78, 5) is 12.9. The van der Waals surface area contributed by atoms with Gasteiger partial charge in [0.25, 0.3) is 0 Å². The van der Waals surface area contributed by atoms with E-state index in [-0.39, 0.29) is 11.2 Å². The Bertz CT molecular complexity index is 657. The van der Waals surface area contributed by atoms with Crippen LogP contribution in [-0.4, -0.2) is 18.3 Å². The van der Waals surface area contributed by atoms with Crippen LogP contribution in [0.2, 0.25) is 10.0 Å². The Morgan fingerprint density at radius 3 is 2.35 bits per heavy atom. The van der Waals surface area contributed by atoms with E-state index >= 15 is 0 Å². The fourth-order valence-corrected chi connectivity index (χ4v) is 3.47. The molecule has 1 amide bonds. The maximum Gasteiger partial charge on any atom is 0.233 e. The lowest BCUT2D eigenvalue weighted by molar-refractivity contribution is -0.120. The van der Waals surface area contributed by atoms with Gasteiger partial charge in [-0.05, 0) is 36.8 Å². The third kappa shape index (κ3) is 5.06. The molecule has 0 radical (unpaired) electrons. The van der Waals surface area contributed by atoms with Crippen molar-refractivity contribution < 1.29 is 9.53 Å². The van der Waals surface area contributed by atoms with Gasteiger partial charge in [-0.25, -0.2) is 0 Å². The van der Waals surface area contributed by atoms with Crippen LogP contribution in [0.25, 0.3) is 0 Å². The van der Waals surface area contributed by atoms with E-state index in [1.54, 1.807) is 25.3 Å². The molecular formula is C17H17Cl2NO2S. The first-order valence-electron chi connectivity index (χ1n) is 7.02. The number of rotatable bonds is 6. The SMILES string of the molecule is COc1ccc(CNC(=O)[C@@H](C)Sc2c(Cl)cccc2Cl)cc1. The van der Waals surface area contributed by atoms with E-state index in [1.807, 2.05) is 31.2 Å². The number of hydrogen-bond donors (Lipinski definition) is 1. The quantitative estimate of drug-likeness (QED) is 0.743. The van der Waals surface area contributed by atoms with Gasteiger partial charge in [0.2, 0.25) is 5.91 Å². The van der Waals surface area contributed by atoms with Gasteiger partial charge in [0, 0.05) is 11.4 Å². The largest absolute Gasteiger partial charge is 0.497 e. The molecule has 0 aliphatic rings. The highest BCUT2D eigenvalue weighted by atomic mass is 35.5. The maximum absolute atomic E-state index is 12.2. The van der Waals surface area contributed by atoms with Crippen LogP contribution in [0.1, 0.15) is 12.5 Å². The summed E-state index contributed by atoms with van der Waals surface area (Å²) in [6.45, 7) is 2.29. The minimum atomic E-state index is -0.300. The molecule has 0 saturated heterocycles. The molecule has 2 aromatic rings. The predicted octanol–water partition coefficient (Wildman–Crippen LogP) is 4.80. The molecule has 0 spiro atoms. The zero-order chi connectivity index (χ0) is 16.8. The second kappa shape index (κ2) is 8.48. The van der Waals surface area contributed by atoms with E-state index in [2.05, 4.69) is 5.32 Å². The highest BCUT2D eigenvalue weighted by molar-refractivity contribution is 8.00. The molecule has 0 aliphatic heterocycles. The molecule has 2 aromatic carbocycles. The van der Waals surface area contributed by atoms with Crippen LogP contribution >= 0.6 is 35.0 Å². The number of methoxy groups -OCH3 is 1. The van der Waals surface area contributed by atoms with Gasteiger partial charge < -0.3 is 10.1 Å². The average molecular weight is 370 g/mol. The second-order valence-corrected chi connectivity index (χ2v) is 7.04. The minimum absolute atomic E-state index is 0.0678. The summed E-state index contributed by atoms with van der Waals surface area (Å²) in [7, 11) is 1.62. The van der Waals surface area contributed by atoms with Gasteiger partial charge in [0.05, 0.1) is 22.4 Å². The molecule has 0 unspecified atom stereocenters. The molecule has 2 rings (SSSR count). The zero-order valence-corrected chi connectivity index (χ0v) is 15.1. The van der Waals surface area contributed by atoms with Gasteiger partial charge in [-0.15, -0.1) is 11.8 Å². The summed E-state index contributed by atoms with van der Waals surface area (Å²) >= 11 is 13.6. The van der Waals surface area contributed by atoms with Gasteiger partial charge in [0.15, 0.2) is 0 Å². The van der Waals surface area contributed by atoms with Crippen LogP contribution in [0, 0.1) is 0 Å². The van der Waals surface area contributed by atoms with Crippen molar-refractivity contribution in [3.05, 3.63) is 58.1 Å². The van der Waals surface area contributed by atoms with Crippen LogP contribution in [0.3, 0.4) is 0 Å². The highest BCUT2D eigenvalue weighted by Gasteiger charge is 2.17. The topological polar surface area (TPSA) is 38.3 Å². The van der Waals surface area contributed by atoms with E-state index < -0.39 is 0 Å². The molecule has 122 valence electrons. The lowest BCUT2D eigenvalue weighted by Gasteiger charge is -2.14. The summed E-state index contributed by atoms with van der Waals surface area (Å²) in [5, 5.41) is 3.71. The fraction of sp³-hybridized carbons (Fsp3) is 0.235. The first kappa shape index (κ1) is 18.0. The summed E-state index contributed by atoms with van der Waals surface area (Å²) in [6.07, 6.45) is 0. The Hall–Kier alpha value is -1.36. The van der Waals surface area contributed by atoms with Crippen LogP contribution in [-0.2, 0) is 11.3 Å². The number of carbonyl (C=O) groups is 1. The van der Waals surface area contributed by atoms with Crippen molar-refractivity contribution in [2.75, 3.05) is 7.11 Å². The first-order chi connectivity index (χ1) is 11.0. The number of hydrogen-bond acceptors (Lipinski definition) is 3. The number of thioether (sulfide) groups is 1. The van der Waals surface area contributed by atoms with Crippen molar-refractivity contribution in [2.24, 2.45) is 0 Å². The van der Waals surface area contributed by atoms with Crippen LogP contribution in [0.4, 0.5) is 0 Å². The van der Waals surface area contributed by atoms with E-state index in [0.29, 0.717) is 16.6 Å². The van der Waals surface area contributed by atoms with E-state index in [9.17, 15) is 4.79 Å². The van der Waals surface area contributed by atoms with Crippen molar-refractivity contribution in [1.29, 1.82) is 0 Å². The van der Waals surface area contributed by atoms with Crippen molar-refractivity contribution in [3.63, 3.8) is 0 Å². The van der Waals surface area contributed by atoms with E-state index in [1.165, 1.54) is 11.8 Å². The zero-order valence-electron chi connectivity index (χ0n) is 12.8. The summed E-state index contributed by atoms with van der Waals surface area (Å²) < 4.78 is 5.11. The molecule has 0 aromatic heterocycles. The Morgan fingerprint density at radius 1 is 1.17 bits per heavy atom. The van der Waals surface area contributed by atoms with Gasteiger partial charge in [-0.1, -0.05) is 41.4 Å². The van der Waals surface area contributed by atoms with E-state index in [4.69, 9.17) is 27.9 Å². The van der Waals surface area contributed by atoms with Crippen LogP contribution < -0.4 is 10.1 Å². The Kier molecular flexibility index (Phi) is 6.63. The molecule has 0 bridgehead atoms. The standard InChI is InChI=1S/C17H17Cl2NO2S/c1-11(23-16-14(18)4-3-5-15(16)19)17(21)20-10-12-6-8-13(22-2)9-7-12/h3-9,11H,10H2,1-2H3,(H,20,21)/t11-/m1/s1. The average Bonchev–Trinajstić information content (AvgIpc) is 2.56. The van der Waals surface area contributed by atoms with Gasteiger partial charge in [-0.2, -0.15) is 0 Å². The van der Waals surface area contributed by atoms with Crippen molar-refractivity contribution >= 4 is 40.9 Å². The number of ether oxygens (including phenoxy) is 1. The number of carbonyl (C=O) groups excluding carboxylic acids is 1. The van der Waals surface area contributed by atoms with Gasteiger partial charge >= 0.3 is 0 Å². The van der Waals surface area contributed by atoms with Crippen molar-refractivity contribution in [2.45, 2.75) is 23.6 Å². The number of benzene rings is 2. The predicted molar refractivity (Wildman–Crippen MR) is 96.6 cm³/mol. The molecule has 0 fully saturated rings. The molecule has 0 aliphatic carbocycles. The molecule has 0 heterocycles. The van der Waals surface area contributed by atoms with Crippen molar-refractivity contribution in [3.8, 4) is 5.75 Å². The number of nitrogens with one attached hydrogen (secondary N) is 1. The Morgan fingerprint density at radius 2 is 1.78 bits per heavy atom. The third-order valence-electron chi connectivity index (χ3n) is 3.21. The lowest BCUT2D eigenvalue weighted by atomic mass is 10.2. The molecule has 6 heteroatoms. The molecule has 1 N–H and O–H groups in total. The third-order valence-corrected chi connectivity index (χ3v) is 5.31. The molecule has 1 atom stereocenters. The van der Waals surface area contributed by atoms with E-state index in [0.717, 1.165) is 16.2 Å². The number of amides is 1. The normalized spacial score (nSPS) is 11.8. The maximum atomic E-state index is 12.2. The summed E-state index contributed by atoms with van der Waals surface area (Å²) in [5.74, 6) is 0.721. The monoisotopic (exact) mass is 369 g/mol. The van der Waals surface area contributed by atoms with Gasteiger partial charge in [-0.3, -0.25) is 4.79 Å². The molecular weight excluding hydrogens is 353 g/mol. The number of halogens is 2. The van der Waals surface area contributed by atoms with Crippen molar-refractivity contribution in [1.82, 2.24) is 5.32 Å². The molecule has 3 nitrogen and oxygen atoms in total. The Labute approximate surface area is 150 Å². The first-order valence-corrected chi connectivity index (χ1v) is 8.66. The summed E-state index contributed by atoms with van der Waals surface area (Å²) in [5.41, 5.74) is 1.01. The lowest BCUT2D eigenvalue weighted by Crippen LogP contribution is -2.30. The molecule has 23 heavy (non-hydrogen) atoms. The Balaban J connectivity index is 1.92. The summed E-state index contributed by atoms with van der Waals surface area (Å²) in [6, 6.07) is 12.9. The van der Waals surface area contributed by atoms with Crippen LogP contribution in [0.15, 0.2) is 47.4 Å². The highest BCUT2D eigenvalue weighted by Crippen LogP contribution is 2.36. The second-order valence-electron chi connectivity index (χ2n) is 4.88. The van der Waals surface area contributed by atoms with Crippen LogP contribution in [0.5, 0.6) is 5.75 Å². The minimum Gasteiger partial charge on any atom is -0.497 e. The smallest absolute Gasteiger partial charge is 0.233 e. The van der Waals surface area contributed by atoms with Gasteiger partial charge in [0.1, 0.15) is 5.75 Å².